The van der Waals surface area contributed by atoms with E-state index in [1.807, 2.05) is 20.8 Å². The van der Waals surface area contributed by atoms with Gasteiger partial charge in [-0.2, -0.15) is 0 Å². The van der Waals surface area contributed by atoms with E-state index in [1.54, 1.807) is 0 Å². The fraction of sp³-hybridized carbons (Fsp3) is 1.00. The largest absolute Gasteiger partial charge is 0.518 e. The lowest BCUT2D eigenvalue weighted by atomic mass is 10.6. The highest BCUT2D eigenvalue weighted by Crippen LogP contribution is 2.14. The summed E-state index contributed by atoms with van der Waals surface area (Å²) in [7, 11) is -2.53. The van der Waals surface area contributed by atoms with Crippen LogP contribution in [0.3, 0.4) is 0 Å². The molecule has 0 aliphatic carbocycles. The number of hydrogen-bond donors (Lipinski definition) is 1. The molecule has 0 saturated heterocycles. The van der Waals surface area contributed by atoms with Crippen LogP contribution in [0.15, 0.2) is 0 Å². The first-order valence-electron chi connectivity index (χ1n) is 5.82. The Labute approximate surface area is 94.7 Å². The quantitative estimate of drug-likeness (QED) is 0.616. The van der Waals surface area contributed by atoms with Gasteiger partial charge in [-0.25, -0.2) is 0 Å². The molecule has 92 valence electrons. The zero-order valence-corrected chi connectivity index (χ0v) is 11.6. The molecule has 0 amide bonds. The number of hydrogen-bond acceptors (Lipinski definition) is 4. The zero-order valence-electron chi connectivity index (χ0n) is 10.6. The van der Waals surface area contributed by atoms with Crippen molar-refractivity contribution >= 4 is 8.80 Å². The van der Waals surface area contributed by atoms with Crippen molar-refractivity contribution < 1.29 is 13.3 Å². The lowest BCUT2D eigenvalue weighted by Crippen LogP contribution is -2.60. The first-order valence-corrected chi connectivity index (χ1v) is 7.62. The van der Waals surface area contributed by atoms with Gasteiger partial charge >= 0.3 is 8.80 Å². The molecule has 1 unspecified atom stereocenters. The standard InChI is InChI=1S/C10H25NO3Si/c1-6-11-10(5)15(12-7-2,13-8-3)14-9-4/h10-11H,6-9H2,1-5H3. The third-order valence-electron chi connectivity index (χ3n) is 2.08. The Kier molecular flexibility index (Phi) is 8.27. The summed E-state index contributed by atoms with van der Waals surface area (Å²) in [4.78, 5) is 0. The fourth-order valence-corrected chi connectivity index (χ4v) is 4.20. The first kappa shape index (κ1) is 15.1. The van der Waals surface area contributed by atoms with Crippen LogP contribution >= 0.6 is 0 Å². The maximum atomic E-state index is 5.76. The van der Waals surface area contributed by atoms with Gasteiger partial charge in [0.25, 0.3) is 0 Å². The predicted octanol–water partition coefficient (Wildman–Crippen LogP) is 1.57. The van der Waals surface area contributed by atoms with Gasteiger partial charge in [-0.05, 0) is 34.2 Å². The average molecular weight is 235 g/mol. The van der Waals surface area contributed by atoms with Crippen molar-refractivity contribution in [1.82, 2.24) is 5.32 Å². The van der Waals surface area contributed by atoms with Gasteiger partial charge in [0.15, 0.2) is 0 Å². The molecule has 0 heterocycles. The molecular weight excluding hydrogens is 210 g/mol. The van der Waals surface area contributed by atoms with Gasteiger partial charge in [0.1, 0.15) is 0 Å². The van der Waals surface area contributed by atoms with E-state index in [2.05, 4.69) is 19.2 Å². The van der Waals surface area contributed by atoms with Gasteiger partial charge in [-0.1, -0.05) is 6.92 Å². The van der Waals surface area contributed by atoms with Crippen molar-refractivity contribution in [2.45, 2.75) is 40.3 Å². The molecule has 5 heteroatoms. The molecule has 4 nitrogen and oxygen atoms in total. The molecule has 0 saturated carbocycles. The van der Waals surface area contributed by atoms with Gasteiger partial charge < -0.3 is 18.6 Å². The smallest absolute Gasteiger partial charge is 0.373 e. The Hall–Kier alpha value is 0.0569. The van der Waals surface area contributed by atoms with Crippen LogP contribution in [0.2, 0.25) is 0 Å². The molecule has 0 aromatic rings. The number of rotatable bonds is 9. The summed E-state index contributed by atoms with van der Waals surface area (Å²) >= 11 is 0. The highest BCUT2D eigenvalue weighted by molar-refractivity contribution is 6.62. The van der Waals surface area contributed by atoms with Crippen molar-refractivity contribution in [3.63, 3.8) is 0 Å². The normalized spacial score (nSPS) is 14.2. The van der Waals surface area contributed by atoms with Crippen LogP contribution in [0.25, 0.3) is 0 Å². The maximum Gasteiger partial charge on any atom is 0.518 e. The minimum Gasteiger partial charge on any atom is -0.373 e. The molecule has 15 heavy (non-hydrogen) atoms. The Balaban J connectivity index is 4.57. The van der Waals surface area contributed by atoms with Crippen molar-refractivity contribution in [2.75, 3.05) is 26.4 Å². The van der Waals surface area contributed by atoms with Gasteiger partial charge in [-0.3, -0.25) is 0 Å². The van der Waals surface area contributed by atoms with Gasteiger partial charge in [-0.15, -0.1) is 0 Å². The topological polar surface area (TPSA) is 39.7 Å². The molecule has 0 bridgehead atoms. The second kappa shape index (κ2) is 8.24. The third-order valence-corrected chi connectivity index (χ3v) is 5.42. The van der Waals surface area contributed by atoms with Crippen LogP contribution < -0.4 is 5.32 Å². The Morgan fingerprint density at radius 2 is 1.33 bits per heavy atom. The summed E-state index contributed by atoms with van der Waals surface area (Å²) in [5, 5.41) is 3.33. The maximum absolute atomic E-state index is 5.76. The molecule has 0 radical (unpaired) electrons. The SMILES string of the molecule is CCNC(C)[Si](OCC)(OCC)OCC. The van der Waals surface area contributed by atoms with E-state index >= 15 is 0 Å². The average Bonchev–Trinajstić information content (AvgIpc) is 2.19. The van der Waals surface area contributed by atoms with Crippen LogP contribution in [0.1, 0.15) is 34.6 Å². The van der Waals surface area contributed by atoms with E-state index in [-0.39, 0.29) is 5.67 Å². The summed E-state index contributed by atoms with van der Waals surface area (Å²) < 4.78 is 17.3. The van der Waals surface area contributed by atoms with Crippen LogP contribution in [0.4, 0.5) is 0 Å². The third kappa shape index (κ3) is 4.61. The molecule has 0 spiro atoms. The van der Waals surface area contributed by atoms with Crippen LogP contribution in [-0.2, 0) is 13.3 Å². The van der Waals surface area contributed by atoms with Crippen LogP contribution in [0, 0.1) is 0 Å². The van der Waals surface area contributed by atoms with E-state index in [9.17, 15) is 0 Å². The van der Waals surface area contributed by atoms with Crippen molar-refractivity contribution in [3.05, 3.63) is 0 Å². The van der Waals surface area contributed by atoms with Gasteiger partial charge in [0.05, 0.1) is 5.67 Å². The minimum absolute atomic E-state index is 0.141. The van der Waals surface area contributed by atoms with Gasteiger partial charge in [0.2, 0.25) is 0 Å². The van der Waals surface area contributed by atoms with Crippen molar-refractivity contribution in [1.29, 1.82) is 0 Å². The minimum atomic E-state index is -2.53. The second-order valence-corrected chi connectivity index (χ2v) is 6.12. The van der Waals surface area contributed by atoms with Gasteiger partial charge in [0, 0.05) is 19.8 Å². The molecule has 0 rings (SSSR count). The summed E-state index contributed by atoms with van der Waals surface area (Å²) in [6.07, 6.45) is 0. The Morgan fingerprint density at radius 3 is 1.60 bits per heavy atom. The predicted molar refractivity (Wildman–Crippen MR) is 63.8 cm³/mol. The van der Waals surface area contributed by atoms with Crippen LogP contribution in [0.5, 0.6) is 0 Å². The molecule has 1 N–H and O–H groups in total. The summed E-state index contributed by atoms with van der Waals surface area (Å²) in [6, 6.07) is 0. The molecular formula is C10H25NO3Si. The monoisotopic (exact) mass is 235 g/mol. The van der Waals surface area contributed by atoms with E-state index in [0.29, 0.717) is 19.8 Å². The number of nitrogens with one attached hydrogen (secondary N) is 1. The highest BCUT2D eigenvalue weighted by atomic mass is 28.4. The van der Waals surface area contributed by atoms with Crippen molar-refractivity contribution in [2.24, 2.45) is 0 Å². The summed E-state index contributed by atoms with van der Waals surface area (Å²) in [6.45, 7) is 12.8. The highest BCUT2D eigenvalue weighted by Gasteiger charge is 2.46. The van der Waals surface area contributed by atoms with E-state index < -0.39 is 8.80 Å². The van der Waals surface area contributed by atoms with E-state index in [4.69, 9.17) is 13.3 Å². The molecule has 1 atom stereocenters. The van der Waals surface area contributed by atoms with E-state index in [1.165, 1.54) is 0 Å². The fourth-order valence-electron chi connectivity index (χ4n) is 1.53. The zero-order chi connectivity index (χ0) is 11.7. The molecule has 0 aromatic carbocycles. The molecule has 0 aliphatic rings. The van der Waals surface area contributed by atoms with E-state index in [0.717, 1.165) is 6.54 Å². The molecule has 0 fully saturated rings. The lowest BCUT2D eigenvalue weighted by Gasteiger charge is -2.33. The van der Waals surface area contributed by atoms with Crippen molar-refractivity contribution in [3.8, 4) is 0 Å². The second-order valence-electron chi connectivity index (χ2n) is 3.18. The Bertz CT molecular complexity index is 141. The molecule has 0 aliphatic heterocycles. The first-order chi connectivity index (χ1) is 7.16. The molecule has 0 aromatic heterocycles. The summed E-state index contributed by atoms with van der Waals surface area (Å²) in [5.74, 6) is 0. The lowest BCUT2D eigenvalue weighted by molar-refractivity contribution is 0.0601. The summed E-state index contributed by atoms with van der Waals surface area (Å²) in [5.41, 5.74) is 0.141. The Morgan fingerprint density at radius 1 is 0.933 bits per heavy atom. The van der Waals surface area contributed by atoms with Crippen LogP contribution in [-0.4, -0.2) is 40.8 Å².